The Morgan fingerprint density at radius 2 is 2.17 bits per heavy atom. The zero-order chi connectivity index (χ0) is 16.2. The molecule has 0 spiro atoms. The molecule has 0 unspecified atom stereocenters. The van der Waals surface area contributed by atoms with Crippen molar-refractivity contribution in [3.8, 4) is 17.1 Å². The number of nitrogens with two attached hydrogens (primary N) is 1. The number of ether oxygens (including phenoxy) is 1. The third kappa shape index (κ3) is 3.12. The van der Waals surface area contributed by atoms with Gasteiger partial charge in [-0.1, -0.05) is 0 Å². The zero-order valence-electron chi connectivity index (χ0n) is 13.1. The second-order valence-corrected chi connectivity index (χ2v) is 5.41. The van der Waals surface area contributed by atoms with Gasteiger partial charge < -0.3 is 20.0 Å². The molecule has 2 aromatic heterocycles. The van der Waals surface area contributed by atoms with Crippen molar-refractivity contribution in [3.05, 3.63) is 47.0 Å². The fourth-order valence-electron chi connectivity index (χ4n) is 2.64. The van der Waals surface area contributed by atoms with E-state index in [1.165, 1.54) is 0 Å². The van der Waals surface area contributed by atoms with Gasteiger partial charge in [0, 0.05) is 29.8 Å². The highest BCUT2D eigenvalue weighted by Crippen LogP contribution is 2.22. The molecule has 23 heavy (non-hydrogen) atoms. The van der Waals surface area contributed by atoms with Gasteiger partial charge in [-0.05, 0) is 43.7 Å². The molecule has 0 amide bonds. The molecule has 0 saturated carbocycles. The maximum absolute atomic E-state index is 12.4. The van der Waals surface area contributed by atoms with E-state index >= 15 is 0 Å². The summed E-state index contributed by atoms with van der Waals surface area (Å²) in [7, 11) is 1.62. The normalized spacial score (nSPS) is 11.0. The highest BCUT2D eigenvalue weighted by Gasteiger charge is 2.11. The molecule has 0 saturated heterocycles. The molecule has 3 aromatic rings. The minimum Gasteiger partial charge on any atom is -0.497 e. The fraction of sp³-hybridized carbons (Fsp3) is 0.294. The van der Waals surface area contributed by atoms with E-state index in [9.17, 15) is 4.79 Å². The molecule has 0 bridgehead atoms. The van der Waals surface area contributed by atoms with Crippen LogP contribution in [0.25, 0.3) is 22.3 Å². The Balaban J connectivity index is 2.04. The summed E-state index contributed by atoms with van der Waals surface area (Å²) in [5.41, 5.74) is 6.73. The van der Waals surface area contributed by atoms with Crippen molar-refractivity contribution in [2.75, 3.05) is 13.7 Å². The number of nitrogens with zero attached hydrogens (tertiary/aromatic N) is 2. The third-order valence-corrected chi connectivity index (χ3v) is 3.86. The summed E-state index contributed by atoms with van der Waals surface area (Å²) in [5.74, 6) is 1.43. The predicted octanol–water partition coefficient (Wildman–Crippen LogP) is 2.14. The Morgan fingerprint density at radius 3 is 2.96 bits per heavy atom. The summed E-state index contributed by atoms with van der Waals surface area (Å²) < 4.78 is 7.24. The first-order valence-corrected chi connectivity index (χ1v) is 7.65. The number of benzene rings is 1. The van der Waals surface area contributed by atoms with Crippen LogP contribution in [0.1, 0.15) is 12.8 Å². The Hall–Kier alpha value is -2.60. The predicted molar refractivity (Wildman–Crippen MR) is 90.6 cm³/mol. The van der Waals surface area contributed by atoms with Crippen LogP contribution in [0.2, 0.25) is 0 Å². The number of nitrogens with one attached hydrogen (secondary N) is 1. The van der Waals surface area contributed by atoms with Gasteiger partial charge in [0.05, 0.1) is 12.7 Å². The van der Waals surface area contributed by atoms with Gasteiger partial charge in [-0.25, -0.2) is 4.98 Å². The topological polar surface area (TPSA) is 85.9 Å². The van der Waals surface area contributed by atoms with E-state index in [1.807, 2.05) is 35.0 Å². The molecule has 0 aliphatic rings. The number of aromatic nitrogens is 3. The summed E-state index contributed by atoms with van der Waals surface area (Å²) in [4.78, 5) is 19.7. The number of rotatable bonds is 6. The average molecular weight is 312 g/mol. The molecule has 6 heteroatoms. The molecule has 3 rings (SSSR count). The first-order chi connectivity index (χ1) is 11.2. The number of aryl methyl sites for hydroxylation is 1. The van der Waals surface area contributed by atoms with Gasteiger partial charge in [-0.2, -0.15) is 0 Å². The number of pyridine rings is 1. The molecule has 0 fully saturated rings. The first kappa shape index (κ1) is 15.3. The number of hydrogen-bond donors (Lipinski definition) is 2. The zero-order valence-corrected chi connectivity index (χ0v) is 13.1. The minimum absolute atomic E-state index is 0.144. The largest absolute Gasteiger partial charge is 0.497 e. The van der Waals surface area contributed by atoms with E-state index in [4.69, 9.17) is 10.5 Å². The highest BCUT2D eigenvalue weighted by atomic mass is 16.5. The van der Waals surface area contributed by atoms with Crippen LogP contribution in [-0.2, 0) is 6.54 Å². The molecule has 0 aliphatic heterocycles. The molecule has 0 atom stereocenters. The highest BCUT2D eigenvalue weighted by molar-refractivity contribution is 5.83. The lowest BCUT2D eigenvalue weighted by Gasteiger charge is -2.08. The number of imidazole rings is 1. The standard InChI is InChI=1S/C17H20N4O2/c1-23-13-4-5-15-12(10-13)11-14(17(22)20-15)16-19-7-9-21(16)8-3-2-6-18/h4-5,7,9-11H,2-3,6,8,18H2,1H3,(H,20,22). The number of fused-ring (bicyclic) bond motifs is 1. The van der Waals surface area contributed by atoms with Gasteiger partial charge in [0.15, 0.2) is 0 Å². The van der Waals surface area contributed by atoms with Gasteiger partial charge in [0.25, 0.3) is 5.56 Å². The second kappa shape index (κ2) is 6.66. The quantitative estimate of drug-likeness (QED) is 0.683. The molecule has 3 N–H and O–H groups in total. The lowest BCUT2D eigenvalue weighted by atomic mass is 10.1. The number of unbranched alkanes of at least 4 members (excludes halogenated alkanes) is 1. The van der Waals surface area contributed by atoms with Gasteiger partial charge in [0.1, 0.15) is 11.6 Å². The summed E-state index contributed by atoms with van der Waals surface area (Å²) in [5, 5.41) is 0.912. The molecule has 0 radical (unpaired) electrons. The van der Waals surface area contributed by atoms with Gasteiger partial charge in [0.2, 0.25) is 0 Å². The number of hydrogen-bond acceptors (Lipinski definition) is 4. The van der Waals surface area contributed by atoms with Crippen molar-refractivity contribution in [2.45, 2.75) is 19.4 Å². The van der Waals surface area contributed by atoms with Crippen LogP contribution < -0.4 is 16.0 Å². The first-order valence-electron chi connectivity index (χ1n) is 7.65. The Bertz CT molecular complexity index is 866. The SMILES string of the molecule is COc1ccc2[nH]c(=O)c(-c3nccn3CCCCN)cc2c1. The van der Waals surface area contributed by atoms with Crippen molar-refractivity contribution in [3.63, 3.8) is 0 Å². The molecule has 1 aromatic carbocycles. The monoisotopic (exact) mass is 312 g/mol. The summed E-state index contributed by atoms with van der Waals surface area (Å²) in [6.45, 7) is 1.46. The Labute approximate surface area is 133 Å². The number of methoxy groups -OCH3 is 1. The minimum atomic E-state index is -0.144. The maximum atomic E-state index is 12.4. The van der Waals surface area contributed by atoms with E-state index in [0.717, 1.165) is 36.0 Å². The summed E-state index contributed by atoms with van der Waals surface area (Å²) >= 11 is 0. The molecule has 0 aliphatic carbocycles. The summed E-state index contributed by atoms with van der Waals surface area (Å²) in [6, 6.07) is 7.42. The van der Waals surface area contributed by atoms with Crippen LogP contribution in [0.15, 0.2) is 41.5 Å². The van der Waals surface area contributed by atoms with Gasteiger partial charge in [-0.3, -0.25) is 4.79 Å². The second-order valence-electron chi connectivity index (χ2n) is 5.41. The van der Waals surface area contributed by atoms with E-state index in [1.54, 1.807) is 13.3 Å². The van der Waals surface area contributed by atoms with E-state index in [0.29, 0.717) is 17.9 Å². The number of H-pyrrole nitrogens is 1. The lowest BCUT2D eigenvalue weighted by molar-refractivity contribution is 0.415. The van der Waals surface area contributed by atoms with Crippen molar-refractivity contribution in [1.82, 2.24) is 14.5 Å². The van der Waals surface area contributed by atoms with Gasteiger partial charge >= 0.3 is 0 Å². The molecular formula is C17H20N4O2. The molecular weight excluding hydrogens is 292 g/mol. The smallest absolute Gasteiger partial charge is 0.259 e. The molecule has 120 valence electrons. The lowest BCUT2D eigenvalue weighted by Crippen LogP contribution is -2.12. The Morgan fingerprint density at radius 1 is 1.30 bits per heavy atom. The van der Waals surface area contributed by atoms with Gasteiger partial charge in [-0.15, -0.1) is 0 Å². The van der Waals surface area contributed by atoms with E-state index in [2.05, 4.69) is 9.97 Å². The van der Waals surface area contributed by atoms with Crippen LogP contribution in [0.3, 0.4) is 0 Å². The van der Waals surface area contributed by atoms with Crippen molar-refractivity contribution in [1.29, 1.82) is 0 Å². The van der Waals surface area contributed by atoms with E-state index < -0.39 is 0 Å². The third-order valence-electron chi connectivity index (χ3n) is 3.86. The van der Waals surface area contributed by atoms with Crippen LogP contribution >= 0.6 is 0 Å². The summed E-state index contributed by atoms with van der Waals surface area (Å²) in [6.07, 6.45) is 5.51. The van der Waals surface area contributed by atoms with Crippen molar-refractivity contribution < 1.29 is 4.74 Å². The average Bonchev–Trinajstić information content (AvgIpc) is 3.02. The molecule has 2 heterocycles. The maximum Gasteiger partial charge on any atom is 0.259 e. The van der Waals surface area contributed by atoms with Crippen LogP contribution in [0, 0.1) is 0 Å². The molecule has 6 nitrogen and oxygen atoms in total. The number of aromatic amines is 1. The van der Waals surface area contributed by atoms with E-state index in [-0.39, 0.29) is 5.56 Å². The van der Waals surface area contributed by atoms with Crippen LogP contribution in [0.5, 0.6) is 5.75 Å². The van der Waals surface area contributed by atoms with Crippen molar-refractivity contribution >= 4 is 10.9 Å². The fourth-order valence-corrected chi connectivity index (χ4v) is 2.64. The van der Waals surface area contributed by atoms with Crippen LogP contribution in [-0.4, -0.2) is 28.2 Å². The van der Waals surface area contributed by atoms with Crippen molar-refractivity contribution in [2.24, 2.45) is 5.73 Å². The van der Waals surface area contributed by atoms with Crippen LogP contribution in [0.4, 0.5) is 0 Å². The Kier molecular flexibility index (Phi) is 4.43.